The minimum absolute atomic E-state index is 0.126. The predicted octanol–water partition coefficient (Wildman–Crippen LogP) is 1.80. The lowest BCUT2D eigenvalue weighted by Gasteiger charge is -2.40. The first-order valence-electron chi connectivity index (χ1n) is 5.41. The fourth-order valence-electron chi connectivity index (χ4n) is 2.27. The van der Waals surface area contributed by atoms with E-state index in [-0.39, 0.29) is 11.8 Å². The predicted molar refractivity (Wildman–Crippen MR) is 55.7 cm³/mol. The van der Waals surface area contributed by atoms with Crippen molar-refractivity contribution in [2.45, 2.75) is 44.6 Å². The number of carbonyl (C=O) groups is 1. The number of aryl methyl sites for hydroxylation is 1. The highest BCUT2D eigenvalue weighted by molar-refractivity contribution is 5.69. The third kappa shape index (κ3) is 1.76. The van der Waals surface area contributed by atoms with Crippen LogP contribution in [0.15, 0.2) is 12.4 Å². The molecule has 0 unspecified atom stereocenters. The summed E-state index contributed by atoms with van der Waals surface area (Å²) in [6.45, 7) is 2.87. The fourth-order valence-corrected chi connectivity index (χ4v) is 2.27. The third-order valence-electron chi connectivity index (χ3n) is 3.37. The molecule has 0 aliphatic heterocycles. The summed E-state index contributed by atoms with van der Waals surface area (Å²) in [6, 6.07) is 0. The Hall–Kier alpha value is -1.32. The zero-order chi connectivity index (χ0) is 10.9. The molecule has 0 bridgehead atoms. The molecule has 0 aromatic carbocycles. The number of nitrogens with zero attached hydrogens (tertiary/aromatic N) is 2. The molecule has 1 aliphatic carbocycles. The molecule has 0 radical (unpaired) electrons. The van der Waals surface area contributed by atoms with Crippen LogP contribution in [0, 0.1) is 0 Å². The third-order valence-corrected chi connectivity index (χ3v) is 3.37. The minimum Gasteiger partial charge on any atom is -0.481 e. The van der Waals surface area contributed by atoms with E-state index in [4.69, 9.17) is 5.11 Å². The first kappa shape index (κ1) is 10.2. The van der Waals surface area contributed by atoms with Gasteiger partial charge in [-0.15, -0.1) is 0 Å². The molecule has 1 heterocycles. The molecule has 0 saturated heterocycles. The number of rotatable bonds is 4. The smallest absolute Gasteiger partial charge is 0.304 e. The lowest BCUT2D eigenvalue weighted by atomic mass is 9.63. The number of carboxylic acids is 1. The first-order valence-corrected chi connectivity index (χ1v) is 5.41. The molecule has 4 heteroatoms. The van der Waals surface area contributed by atoms with Gasteiger partial charge >= 0.3 is 5.97 Å². The van der Waals surface area contributed by atoms with E-state index in [0.717, 1.165) is 31.4 Å². The molecular formula is C11H16N2O2. The summed E-state index contributed by atoms with van der Waals surface area (Å²) >= 11 is 0. The average Bonchev–Trinajstić information content (AvgIpc) is 2.59. The summed E-state index contributed by atoms with van der Waals surface area (Å²) in [6.07, 6.45) is 7.14. The van der Waals surface area contributed by atoms with Gasteiger partial charge in [-0.05, 0) is 25.3 Å². The van der Waals surface area contributed by atoms with Gasteiger partial charge in [0.25, 0.3) is 0 Å². The summed E-state index contributed by atoms with van der Waals surface area (Å²) < 4.78 is 1.86. The van der Waals surface area contributed by atoms with Crippen molar-refractivity contribution in [1.29, 1.82) is 0 Å². The number of hydrogen-bond acceptors (Lipinski definition) is 2. The summed E-state index contributed by atoms with van der Waals surface area (Å²) in [4.78, 5) is 10.8. The lowest BCUT2D eigenvalue weighted by Crippen LogP contribution is -2.36. The Morgan fingerprint density at radius 1 is 1.67 bits per heavy atom. The van der Waals surface area contributed by atoms with Gasteiger partial charge in [0.05, 0.1) is 12.6 Å². The number of carboxylic acid groups (broad SMARTS) is 1. The van der Waals surface area contributed by atoms with E-state index in [1.165, 1.54) is 0 Å². The summed E-state index contributed by atoms with van der Waals surface area (Å²) in [5, 5.41) is 13.1. The largest absolute Gasteiger partial charge is 0.481 e. The van der Waals surface area contributed by atoms with E-state index < -0.39 is 5.97 Å². The Labute approximate surface area is 88.9 Å². The molecule has 1 fully saturated rings. The van der Waals surface area contributed by atoms with Gasteiger partial charge in [-0.1, -0.05) is 6.42 Å². The molecular weight excluding hydrogens is 192 g/mol. The molecule has 1 aromatic heterocycles. The van der Waals surface area contributed by atoms with Gasteiger partial charge in [0.1, 0.15) is 0 Å². The van der Waals surface area contributed by atoms with Crippen molar-refractivity contribution >= 4 is 5.97 Å². The molecule has 0 spiro atoms. The van der Waals surface area contributed by atoms with Crippen LogP contribution >= 0.6 is 0 Å². The van der Waals surface area contributed by atoms with E-state index in [9.17, 15) is 4.79 Å². The molecule has 4 nitrogen and oxygen atoms in total. The van der Waals surface area contributed by atoms with Gasteiger partial charge < -0.3 is 5.11 Å². The van der Waals surface area contributed by atoms with Crippen LogP contribution in [-0.2, 0) is 16.8 Å². The van der Waals surface area contributed by atoms with E-state index in [0.29, 0.717) is 0 Å². The van der Waals surface area contributed by atoms with Crippen LogP contribution < -0.4 is 0 Å². The van der Waals surface area contributed by atoms with Crippen molar-refractivity contribution in [3.63, 3.8) is 0 Å². The minimum atomic E-state index is -0.709. The highest BCUT2D eigenvalue weighted by atomic mass is 16.4. The van der Waals surface area contributed by atoms with Crippen LogP contribution in [-0.4, -0.2) is 20.9 Å². The molecule has 0 atom stereocenters. The van der Waals surface area contributed by atoms with Crippen molar-refractivity contribution in [2.24, 2.45) is 0 Å². The summed E-state index contributed by atoms with van der Waals surface area (Å²) in [7, 11) is 0. The average molecular weight is 208 g/mol. The van der Waals surface area contributed by atoms with Crippen LogP contribution in [0.1, 0.15) is 38.2 Å². The maximum atomic E-state index is 10.8. The number of aromatic nitrogens is 2. The lowest BCUT2D eigenvalue weighted by molar-refractivity contribution is -0.139. The number of aliphatic carboxylic acids is 1. The highest BCUT2D eigenvalue weighted by Crippen LogP contribution is 2.46. The summed E-state index contributed by atoms with van der Waals surface area (Å²) in [5.41, 5.74) is 0.970. The zero-order valence-corrected chi connectivity index (χ0v) is 8.94. The van der Waals surface area contributed by atoms with Gasteiger partial charge in [-0.3, -0.25) is 9.48 Å². The van der Waals surface area contributed by atoms with Gasteiger partial charge in [0, 0.05) is 18.2 Å². The van der Waals surface area contributed by atoms with Gasteiger partial charge in [0.15, 0.2) is 0 Å². The standard InChI is InChI=1S/C11H16N2O2/c1-2-13-8-9(7-12-13)11(4-3-5-11)6-10(14)15/h7-8H,2-6H2,1H3,(H,14,15). The highest BCUT2D eigenvalue weighted by Gasteiger charge is 2.41. The van der Waals surface area contributed by atoms with Crippen molar-refractivity contribution in [2.75, 3.05) is 0 Å². The van der Waals surface area contributed by atoms with E-state index in [1.54, 1.807) is 0 Å². The van der Waals surface area contributed by atoms with Crippen LogP contribution in [0.2, 0.25) is 0 Å². The van der Waals surface area contributed by atoms with Gasteiger partial charge in [-0.25, -0.2) is 0 Å². The normalized spacial score (nSPS) is 18.5. The van der Waals surface area contributed by atoms with Crippen LogP contribution in [0.5, 0.6) is 0 Å². The number of hydrogen-bond donors (Lipinski definition) is 1. The molecule has 1 aromatic rings. The molecule has 15 heavy (non-hydrogen) atoms. The zero-order valence-electron chi connectivity index (χ0n) is 8.94. The maximum Gasteiger partial charge on any atom is 0.304 e. The van der Waals surface area contributed by atoms with E-state index in [1.807, 2.05) is 24.0 Å². The molecule has 2 rings (SSSR count). The van der Waals surface area contributed by atoms with Gasteiger partial charge in [-0.2, -0.15) is 5.10 Å². The van der Waals surface area contributed by atoms with E-state index in [2.05, 4.69) is 5.10 Å². The van der Waals surface area contributed by atoms with Gasteiger partial charge in [0.2, 0.25) is 0 Å². The Kier molecular flexibility index (Phi) is 2.50. The Bertz CT molecular complexity index is 366. The first-order chi connectivity index (χ1) is 7.16. The molecule has 1 saturated carbocycles. The Balaban J connectivity index is 2.21. The maximum absolute atomic E-state index is 10.8. The topological polar surface area (TPSA) is 55.1 Å². The SMILES string of the molecule is CCn1cc(C2(CC(=O)O)CCC2)cn1. The Morgan fingerprint density at radius 3 is 2.80 bits per heavy atom. The monoisotopic (exact) mass is 208 g/mol. The van der Waals surface area contributed by atoms with Crippen molar-refractivity contribution < 1.29 is 9.90 Å². The van der Waals surface area contributed by atoms with Crippen molar-refractivity contribution in [1.82, 2.24) is 9.78 Å². The Morgan fingerprint density at radius 2 is 2.40 bits per heavy atom. The molecule has 1 aliphatic rings. The second-order valence-corrected chi connectivity index (χ2v) is 4.29. The van der Waals surface area contributed by atoms with Crippen LogP contribution in [0.25, 0.3) is 0 Å². The molecule has 0 amide bonds. The van der Waals surface area contributed by atoms with Crippen molar-refractivity contribution in [3.05, 3.63) is 18.0 Å². The van der Waals surface area contributed by atoms with Crippen LogP contribution in [0.4, 0.5) is 0 Å². The second kappa shape index (κ2) is 3.68. The molecule has 82 valence electrons. The van der Waals surface area contributed by atoms with Crippen molar-refractivity contribution in [3.8, 4) is 0 Å². The fraction of sp³-hybridized carbons (Fsp3) is 0.636. The quantitative estimate of drug-likeness (QED) is 0.820. The van der Waals surface area contributed by atoms with Crippen LogP contribution in [0.3, 0.4) is 0 Å². The summed E-state index contributed by atoms with van der Waals surface area (Å²) in [5.74, 6) is -0.709. The molecule has 1 N–H and O–H groups in total. The van der Waals surface area contributed by atoms with E-state index >= 15 is 0 Å². The second-order valence-electron chi connectivity index (χ2n) is 4.29.